The number of aromatic nitrogens is 3. The van der Waals surface area contributed by atoms with Crippen LogP contribution in [0.25, 0.3) is 5.70 Å². The molecule has 1 aromatic heterocycles. The third-order valence-corrected chi connectivity index (χ3v) is 5.09. The standard InChI is InChI=1S/C18H12Br2F2N4O/c19-11-3-1-10(2-4-11)14-8-15(26-18(25-14)23-9-24-26)13-7-12(20)5-6-16(13)27-17(21)22/h1-9,15,17H,(H,23,24,25). The molecular formula is C18H12Br2F2N4O. The molecule has 0 fully saturated rings. The lowest BCUT2D eigenvalue weighted by Gasteiger charge is -2.26. The molecule has 2 heterocycles. The van der Waals surface area contributed by atoms with Gasteiger partial charge in [0.15, 0.2) is 0 Å². The summed E-state index contributed by atoms with van der Waals surface area (Å²) in [6.45, 7) is -2.92. The van der Waals surface area contributed by atoms with Gasteiger partial charge >= 0.3 is 6.61 Å². The number of halogens is 4. The maximum Gasteiger partial charge on any atom is 0.387 e. The van der Waals surface area contributed by atoms with Crippen molar-refractivity contribution >= 4 is 43.5 Å². The zero-order valence-corrected chi connectivity index (χ0v) is 16.8. The van der Waals surface area contributed by atoms with Crippen LogP contribution in [-0.2, 0) is 0 Å². The Balaban J connectivity index is 1.83. The first-order chi connectivity index (χ1) is 13.0. The largest absolute Gasteiger partial charge is 0.434 e. The summed E-state index contributed by atoms with van der Waals surface area (Å²) in [5.74, 6) is 0.608. The van der Waals surface area contributed by atoms with E-state index in [1.54, 1.807) is 16.8 Å². The van der Waals surface area contributed by atoms with E-state index in [2.05, 4.69) is 47.3 Å². The van der Waals surface area contributed by atoms with Gasteiger partial charge < -0.3 is 10.1 Å². The molecule has 138 valence electrons. The molecule has 1 atom stereocenters. The van der Waals surface area contributed by atoms with Gasteiger partial charge in [-0.05, 0) is 42.0 Å². The average molecular weight is 498 g/mol. The number of alkyl halides is 2. The van der Waals surface area contributed by atoms with Crippen molar-refractivity contribution in [2.45, 2.75) is 12.7 Å². The predicted octanol–water partition coefficient (Wildman–Crippen LogP) is 5.46. The monoisotopic (exact) mass is 496 g/mol. The van der Waals surface area contributed by atoms with E-state index in [4.69, 9.17) is 4.74 Å². The molecule has 1 N–H and O–H groups in total. The Labute approximate surface area is 170 Å². The summed E-state index contributed by atoms with van der Waals surface area (Å²) in [5.41, 5.74) is 2.28. The first kappa shape index (κ1) is 18.1. The lowest BCUT2D eigenvalue weighted by Crippen LogP contribution is -2.21. The van der Waals surface area contributed by atoms with E-state index < -0.39 is 12.7 Å². The third-order valence-electron chi connectivity index (χ3n) is 4.07. The number of ether oxygens (including phenoxy) is 1. The summed E-state index contributed by atoms with van der Waals surface area (Å²) in [4.78, 5) is 4.23. The molecule has 0 aliphatic carbocycles. The highest BCUT2D eigenvalue weighted by molar-refractivity contribution is 9.10. The average Bonchev–Trinajstić information content (AvgIpc) is 3.11. The minimum atomic E-state index is -2.92. The number of nitrogens with one attached hydrogen (secondary N) is 1. The van der Waals surface area contributed by atoms with Gasteiger partial charge in [-0.15, -0.1) is 0 Å². The summed E-state index contributed by atoms with van der Waals surface area (Å²) >= 11 is 6.82. The van der Waals surface area contributed by atoms with Gasteiger partial charge in [0.25, 0.3) is 0 Å². The summed E-state index contributed by atoms with van der Waals surface area (Å²) < 4.78 is 33.8. The van der Waals surface area contributed by atoms with Gasteiger partial charge in [-0.2, -0.15) is 18.9 Å². The van der Waals surface area contributed by atoms with Crippen molar-refractivity contribution in [2.24, 2.45) is 0 Å². The molecule has 5 nitrogen and oxygen atoms in total. The van der Waals surface area contributed by atoms with Crippen molar-refractivity contribution in [3.63, 3.8) is 0 Å². The van der Waals surface area contributed by atoms with Crippen molar-refractivity contribution in [1.82, 2.24) is 14.8 Å². The molecule has 0 bridgehead atoms. The van der Waals surface area contributed by atoms with E-state index in [0.717, 1.165) is 20.2 Å². The fraction of sp³-hybridized carbons (Fsp3) is 0.111. The fourth-order valence-electron chi connectivity index (χ4n) is 2.91. The highest BCUT2D eigenvalue weighted by atomic mass is 79.9. The molecule has 0 radical (unpaired) electrons. The molecule has 9 heteroatoms. The number of rotatable bonds is 4. The number of benzene rings is 2. The van der Waals surface area contributed by atoms with Crippen LogP contribution in [0.5, 0.6) is 5.75 Å². The first-order valence-electron chi connectivity index (χ1n) is 7.90. The van der Waals surface area contributed by atoms with Gasteiger partial charge in [-0.1, -0.05) is 44.0 Å². The predicted molar refractivity (Wildman–Crippen MR) is 105 cm³/mol. The van der Waals surface area contributed by atoms with Gasteiger partial charge in [-0.3, -0.25) is 0 Å². The second kappa shape index (κ2) is 7.40. The van der Waals surface area contributed by atoms with Gasteiger partial charge in [-0.25, -0.2) is 4.68 Å². The Morgan fingerprint density at radius 3 is 2.56 bits per heavy atom. The lowest BCUT2D eigenvalue weighted by atomic mass is 10.0. The Kier molecular flexibility index (Phi) is 4.96. The van der Waals surface area contributed by atoms with E-state index in [-0.39, 0.29) is 5.75 Å². The molecule has 3 aromatic rings. The number of hydrogen-bond acceptors (Lipinski definition) is 4. The molecule has 0 saturated carbocycles. The van der Waals surface area contributed by atoms with E-state index in [0.29, 0.717) is 11.5 Å². The van der Waals surface area contributed by atoms with Crippen LogP contribution in [0.1, 0.15) is 17.2 Å². The smallest absolute Gasteiger partial charge is 0.387 e. The maximum atomic E-state index is 12.9. The molecule has 27 heavy (non-hydrogen) atoms. The van der Waals surface area contributed by atoms with Gasteiger partial charge in [0.1, 0.15) is 18.1 Å². The molecule has 2 aromatic carbocycles. The molecule has 0 saturated heterocycles. The van der Waals surface area contributed by atoms with Gasteiger partial charge in [0.2, 0.25) is 5.95 Å². The molecular weight excluding hydrogens is 486 g/mol. The van der Waals surface area contributed by atoms with E-state index in [1.165, 1.54) is 12.4 Å². The zero-order chi connectivity index (χ0) is 19.0. The second-order valence-electron chi connectivity index (χ2n) is 5.75. The fourth-order valence-corrected chi connectivity index (χ4v) is 3.55. The molecule has 0 spiro atoms. The van der Waals surface area contributed by atoms with Gasteiger partial charge in [0.05, 0.1) is 0 Å². The van der Waals surface area contributed by atoms with Crippen LogP contribution >= 0.6 is 31.9 Å². The van der Waals surface area contributed by atoms with Crippen molar-refractivity contribution in [3.05, 3.63) is 74.9 Å². The summed E-state index contributed by atoms with van der Waals surface area (Å²) in [7, 11) is 0. The molecule has 1 aliphatic rings. The number of anilines is 1. The van der Waals surface area contributed by atoms with E-state index in [1.807, 2.05) is 30.3 Å². The number of allylic oxidation sites excluding steroid dienone is 1. The SMILES string of the molecule is FC(F)Oc1ccc(Br)cc1C1C=C(c2ccc(Br)cc2)Nc2ncnn21. The Morgan fingerprint density at radius 2 is 1.81 bits per heavy atom. The van der Waals surface area contributed by atoms with Crippen LogP contribution in [0, 0.1) is 0 Å². The van der Waals surface area contributed by atoms with E-state index >= 15 is 0 Å². The van der Waals surface area contributed by atoms with Crippen LogP contribution < -0.4 is 10.1 Å². The first-order valence-corrected chi connectivity index (χ1v) is 9.48. The third kappa shape index (κ3) is 3.74. The van der Waals surface area contributed by atoms with Crippen molar-refractivity contribution in [1.29, 1.82) is 0 Å². The summed E-state index contributed by atoms with van der Waals surface area (Å²) in [5, 5.41) is 7.46. The molecule has 0 amide bonds. The minimum Gasteiger partial charge on any atom is -0.434 e. The van der Waals surface area contributed by atoms with E-state index in [9.17, 15) is 8.78 Å². The maximum absolute atomic E-state index is 12.9. The van der Waals surface area contributed by atoms with Crippen molar-refractivity contribution < 1.29 is 13.5 Å². The number of fused-ring (bicyclic) bond motifs is 1. The van der Waals surface area contributed by atoms with Gasteiger partial charge in [0, 0.05) is 20.2 Å². The van der Waals surface area contributed by atoms with Crippen LogP contribution in [0.15, 0.2) is 63.8 Å². The molecule has 1 unspecified atom stereocenters. The molecule has 1 aliphatic heterocycles. The summed E-state index contributed by atoms with van der Waals surface area (Å²) in [6.07, 6.45) is 3.32. The number of nitrogens with zero attached hydrogens (tertiary/aromatic N) is 3. The normalized spacial score (nSPS) is 15.9. The Bertz CT molecular complexity index is 1000. The van der Waals surface area contributed by atoms with Crippen molar-refractivity contribution in [2.75, 3.05) is 5.32 Å². The zero-order valence-electron chi connectivity index (χ0n) is 13.6. The van der Waals surface area contributed by atoms with Crippen LogP contribution in [-0.4, -0.2) is 21.4 Å². The van der Waals surface area contributed by atoms with Crippen LogP contribution in [0.3, 0.4) is 0 Å². The molecule has 4 rings (SSSR count). The number of hydrogen-bond donors (Lipinski definition) is 1. The van der Waals surface area contributed by atoms with Crippen molar-refractivity contribution in [3.8, 4) is 5.75 Å². The topological polar surface area (TPSA) is 52.0 Å². The highest BCUT2D eigenvalue weighted by Gasteiger charge is 2.27. The Morgan fingerprint density at radius 1 is 1.07 bits per heavy atom. The quantitative estimate of drug-likeness (QED) is 0.520. The Hall–Kier alpha value is -2.26. The minimum absolute atomic E-state index is 0.0907. The van der Waals surface area contributed by atoms with Crippen LogP contribution in [0.2, 0.25) is 0 Å². The second-order valence-corrected chi connectivity index (χ2v) is 7.58. The highest BCUT2D eigenvalue weighted by Crippen LogP contribution is 2.38. The summed E-state index contributed by atoms with van der Waals surface area (Å²) in [6, 6.07) is 12.2. The van der Waals surface area contributed by atoms with Crippen LogP contribution in [0.4, 0.5) is 14.7 Å². The lowest BCUT2D eigenvalue weighted by molar-refractivity contribution is -0.0506.